The molecule has 0 aliphatic carbocycles. The van der Waals surface area contributed by atoms with Gasteiger partial charge in [0.1, 0.15) is 18.1 Å². The van der Waals surface area contributed by atoms with Crippen LogP contribution in [0.25, 0.3) is 0 Å². The van der Waals surface area contributed by atoms with Crippen LogP contribution in [0.15, 0.2) is 42.9 Å². The molecule has 2 N–H and O–H groups in total. The van der Waals surface area contributed by atoms with Crippen molar-refractivity contribution in [2.24, 2.45) is 0 Å². The van der Waals surface area contributed by atoms with E-state index in [2.05, 4.69) is 25.6 Å². The molecular weight excluding hydrogens is 328 g/mol. The number of rotatable bonds is 5. The van der Waals surface area contributed by atoms with Crippen LogP contribution in [0.1, 0.15) is 21.9 Å². The first kappa shape index (κ1) is 15.8. The van der Waals surface area contributed by atoms with Crippen molar-refractivity contribution in [3.63, 3.8) is 0 Å². The van der Waals surface area contributed by atoms with E-state index in [9.17, 15) is 4.79 Å². The summed E-state index contributed by atoms with van der Waals surface area (Å²) in [5, 5.41) is 6.71. The fourth-order valence-electron chi connectivity index (χ4n) is 1.98. The SMILES string of the molecule is Cc1ccccc1OCc1n[nH]c(=S)n1NC(=O)c1cnccn1. The molecule has 9 heteroatoms. The van der Waals surface area contributed by atoms with Crippen molar-refractivity contribution in [1.82, 2.24) is 24.8 Å². The molecular formula is C15H14N6O2S. The lowest BCUT2D eigenvalue weighted by molar-refractivity contribution is 0.100. The highest BCUT2D eigenvalue weighted by molar-refractivity contribution is 7.71. The Morgan fingerprint density at radius 2 is 2.21 bits per heavy atom. The fourth-order valence-corrected chi connectivity index (χ4v) is 2.17. The summed E-state index contributed by atoms with van der Waals surface area (Å²) in [6, 6.07) is 7.62. The predicted molar refractivity (Wildman–Crippen MR) is 88.6 cm³/mol. The number of aromatic nitrogens is 5. The summed E-state index contributed by atoms with van der Waals surface area (Å²) >= 11 is 5.14. The molecule has 122 valence electrons. The molecule has 3 rings (SSSR count). The number of carbonyl (C=O) groups excluding carboxylic acids is 1. The van der Waals surface area contributed by atoms with Gasteiger partial charge in [0.25, 0.3) is 5.91 Å². The van der Waals surface area contributed by atoms with Crippen LogP contribution in [0.5, 0.6) is 5.75 Å². The summed E-state index contributed by atoms with van der Waals surface area (Å²) in [6.45, 7) is 2.08. The van der Waals surface area contributed by atoms with E-state index < -0.39 is 5.91 Å². The van der Waals surface area contributed by atoms with Gasteiger partial charge in [0.2, 0.25) is 4.77 Å². The Morgan fingerprint density at radius 3 is 2.96 bits per heavy atom. The Labute approximate surface area is 142 Å². The van der Waals surface area contributed by atoms with E-state index in [-0.39, 0.29) is 17.1 Å². The van der Waals surface area contributed by atoms with E-state index in [0.717, 1.165) is 11.3 Å². The lowest BCUT2D eigenvalue weighted by Gasteiger charge is -2.10. The molecule has 0 aliphatic heterocycles. The summed E-state index contributed by atoms with van der Waals surface area (Å²) in [4.78, 5) is 20.0. The Morgan fingerprint density at radius 1 is 1.38 bits per heavy atom. The number of H-pyrrole nitrogens is 1. The van der Waals surface area contributed by atoms with Crippen LogP contribution in [0.2, 0.25) is 0 Å². The number of amides is 1. The Balaban J connectivity index is 1.76. The number of aromatic amines is 1. The van der Waals surface area contributed by atoms with Crippen LogP contribution in [0.4, 0.5) is 0 Å². The van der Waals surface area contributed by atoms with Gasteiger partial charge in [-0.1, -0.05) is 18.2 Å². The predicted octanol–water partition coefficient (Wildman–Crippen LogP) is 2.00. The maximum Gasteiger partial charge on any atom is 0.290 e. The lowest BCUT2D eigenvalue weighted by atomic mass is 10.2. The largest absolute Gasteiger partial charge is 0.485 e. The third kappa shape index (κ3) is 3.46. The molecule has 0 fully saturated rings. The minimum atomic E-state index is -0.447. The third-order valence-electron chi connectivity index (χ3n) is 3.20. The normalized spacial score (nSPS) is 10.4. The number of nitrogens with one attached hydrogen (secondary N) is 2. The van der Waals surface area contributed by atoms with Gasteiger partial charge in [0.05, 0.1) is 6.20 Å². The Hall–Kier alpha value is -3.07. The monoisotopic (exact) mass is 342 g/mol. The zero-order valence-electron chi connectivity index (χ0n) is 12.8. The average Bonchev–Trinajstić information content (AvgIpc) is 2.95. The van der Waals surface area contributed by atoms with Gasteiger partial charge in [-0.3, -0.25) is 20.3 Å². The van der Waals surface area contributed by atoms with Gasteiger partial charge in [0.15, 0.2) is 5.82 Å². The molecule has 0 unspecified atom stereocenters. The molecule has 0 atom stereocenters. The molecule has 0 saturated heterocycles. The number of hydrogen-bond donors (Lipinski definition) is 2. The second kappa shape index (κ2) is 7.01. The smallest absolute Gasteiger partial charge is 0.290 e. The number of aryl methyl sites for hydroxylation is 1. The highest BCUT2D eigenvalue weighted by Gasteiger charge is 2.13. The van der Waals surface area contributed by atoms with Crippen molar-refractivity contribution in [2.75, 3.05) is 5.43 Å². The first-order chi connectivity index (χ1) is 11.6. The third-order valence-corrected chi connectivity index (χ3v) is 3.48. The zero-order chi connectivity index (χ0) is 16.9. The van der Waals surface area contributed by atoms with E-state index in [1.807, 2.05) is 31.2 Å². The van der Waals surface area contributed by atoms with Crippen molar-refractivity contribution in [2.45, 2.75) is 13.5 Å². The minimum Gasteiger partial charge on any atom is -0.485 e. The molecule has 1 aromatic carbocycles. The number of nitrogens with zero attached hydrogens (tertiary/aromatic N) is 4. The van der Waals surface area contributed by atoms with Crippen LogP contribution in [0, 0.1) is 11.7 Å². The van der Waals surface area contributed by atoms with Gasteiger partial charge in [-0.25, -0.2) is 9.66 Å². The van der Waals surface area contributed by atoms with Crippen molar-refractivity contribution in [3.8, 4) is 5.75 Å². The number of benzene rings is 1. The quantitative estimate of drug-likeness (QED) is 0.688. The van der Waals surface area contributed by atoms with Crippen LogP contribution in [-0.2, 0) is 6.61 Å². The summed E-state index contributed by atoms with van der Waals surface area (Å²) < 4.78 is 7.33. The number of para-hydroxylation sites is 1. The molecule has 2 heterocycles. The van der Waals surface area contributed by atoms with Gasteiger partial charge in [-0.15, -0.1) is 0 Å². The molecule has 3 aromatic rings. The van der Waals surface area contributed by atoms with E-state index in [0.29, 0.717) is 5.82 Å². The second-order valence-electron chi connectivity index (χ2n) is 4.87. The molecule has 0 saturated carbocycles. The summed E-state index contributed by atoms with van der Waals surface area (Å²) in [7, 11) is 0. The summed E-state index contributed by atoms with van der Waals surface area (Å²) in [5.41, 5.74) is 3.80. The number of ether oxygens (including phenoxy) is 1. The molecule has 0 bridgehead atoms. The topological polar surface area (TPSA) is 97.7 Å². The molecule has 8 nitrogen and oxygen atoms in total. The van der Waals surface area contributed by atoms with Crippen LogP contribution < -0.4 is 10.2 Å². The van der Waals surface area contributed by atoms with Crippen molar-refractivity contribution in [1.29, 1.82) is 0 Å². The maximum atomic E-state index is 12.2. The molecule has 0 spiro atoms. The molecule has 1 amide bonds. The van der Waals surface area contributed by atoms with Crippen LogP contribution in [0.3, 0.4) is 0 Å². The van der Waals surface area contributed by atoms with E-state index in [1.165, 1.54) is 23.3 Å². The standard InChI is InChI=1S/C15H14N6O2S/c1-10-4-2-3-5-12(10)23-9-13-18-19-15(24)21(13)20-14(22)11-8-16-6-7-17-11/h2-8H,9H2,1H3,(H,19,24)(H,20,22). The van der Waals surface area contributed by atoms with Crippen molar-refractivity contribution < 1.29 is 9.53 Å². The van der Waals surface area contributed by atoms with Gasteiger partial charge in [-0.05, 0) is 30.8 Å². The van der Waals surface area contributed by atoms with E-state index in [1.54, 1.807) is 0 Å². The fraction of sp³-hybridized carbons (Fsp3) is 0.133. The van der Waals surface area contributed by atoms with Gasteiger partial charge < -0.3 is 4.74 Å². The molecule has 24 heavy (non-hydrogen) atoms. The van der Waals surface area contributed by atoms with E-state index >= 15 is 0 Å². The molecule has 2 aromatic heterocycles. The maximum absolute atomic E-state index is 12.2. The van der Waals surface area contributed by atoms with Crippen molar-refractivity contribution in [3.05, 3.63) is 64.7 Å². The second-order valence-corrected chi connectivity index (χ2v) is 5.25. The first-order valence-corrected chi connectivity index (χ1v) is 7.48. The summed E-state index contributed by atoms with van der Waals surface area (Å²) in [5.74, 6) is 0.719. The number of hydrogen-bond acceptors (Lipinski definition) is 6. The number of carbonyl (C=O) groups is 1. The van der Waals surface area contributed by atoms with Gasteiger partial charge in [-0.2, -0.15) is 5.10 Å². The minimum absolute atomic E-state index is 0.138. The lowest BCUT2D eigenvalue weighted by Crippen LogP contribution is -2.26. The molecule has 0 aliphatic rings. The Kier molecular flexibility index (Phi) is 4.62. The average molecular weight is 342 g/mol. The Bertz CT molecular complexity index is 906. The van der Waals surface area contributed by atoms with Gasteiger partial charge >= 0.3 is 0 Å². The molecule has 0 radical (unpaired) electrons. The first-order valence-electron chi connectivity index (χ1n) is 7.07. The zero-order valence-corrected chi connectivity index (χ0v) is 13.6. The van der Waals surface area contributed by atoms with Crippen LogP contribution >= 0.6 is 12.2 Å². The van der Waals surface area contributed by atoms with Crippen molar-refractivity contribution >= 4 is 18.1 Å². The van der Waals surface area contributed by atoms with Gasteiger partial charge in [0, 0.05) is 12.4 Å². The highest BCUT2D eigenvalue weighted by atomic mass is 32.1. The summed E-state index contributed by atoms with van der Waals surface area (Å²) in [6.07, 6.45) is 4.29. The van der Waals surface area contributed by atoms with Crippen LogP contribution in [-0.4, -0.2) is 30.7 Å². The van der Waals surface area contributed by atoms with E-state index in [4.69, 9.17) is 17.0 Å². The highest BCUT2D eigenvalue weighted by Crippen LogP contribution is 2.17.